The van der Waals surface area contributed by atoms with Gasteiger partial charge in [0.15, 0.2) is 44.0 Å². The van der Waals surface area contributed by atoms with Crippen LogP contribution in [0.2, 0.25) is 0 Å². The number of hydrogen-bond acceptors (Lipinski definition) is 34. The molecular formula is C48H81N3O34. The van der Waals surface area contributed by atoms with Crippen molar-refractivity contribution in [2.75, 3.05) is 33.0 Å². The summed E-state index contributed by atoms with van der Waals surface area (Å²) >= 11 is 0. The van der Waals surface area contributed by atoms with Gasteiger partial charge >= 0.3 is 0 Å². The molecule has 35 atom stereocenters. The minimum Gasteiger partial charge on any atom is -0.394 e. The lowest BCUT2D eigenvalue weighted by Gasteiger charge is -2.51. The van der Waals surface area contributed by atoms with E-state index in [0.717, 1.165) is 20.8 Å². The molecular weight excluding hydrogens is 1160 g/mol. The third kappa shape index (κ3) is 15.3. The second-order valence-electron chi connectivity index (χ2n) is 21.8. The Morgan fingerprint density at radius 1 is 0.329 bits per heavy atom. The highest BCUT2D eigenvalue weighted by atomic mass is 16.8. The summed E-state index contributed by atoms with van der Waals surface area (Å²) in [5.41, 5.74) is 0. The van der Waals surface area contributed by atoms with Crippen LogP contribution in [0.4, 0.5) is 0 Å². The van der Waals surface area contributed by atoms with E-state index in [1.807, 2.05) is 0 Å². The van der Waals surface area contributed by atoms with Crippen LogP contribution < -0.4 is 16.0 Å². The minimum absolute atomic E-state index is 0.826. The molecule has 0 unspecified atom stereocenters. The second-order valence-corrected chi connectivity index (χ2v) is 21.8. The largest absolute Gasteiger partial charge is 0.394 e. The predicted molar refractivity (Wildman–Crippen MR) is 264 cm³/mol. The zero-order valence-corrected chi connectivity index (χ0v) is 46.3. The van der Waals surface area contributed by atoms with Crippen molar-refractivity contribution in [1.82, 2.24) is 16.0 Å². The Labute approximate surface area is 483 Å². The van der Waals surface area contributed by atoms with Gasteiger partial charge in [-0.15, -0.1) is 0 Å². The van der Waals surface area contributed by atoms with Crippen LogP contribution in [0.15, 0.2) is 0 Å². The van der Waals surface area contributed by atoms with Crippen molar-refractivity contribution in [3.8, 4) is 0 Å². The number of amides is 3. The van der Waals surface area contributed by atoms with Crippen LogP contribution in [-0.4, -0.2) is 357 Å². The maximum atomic E-state index is 13.0. The highest BCUT2D eigenvalue weighted by Gasteiger charge is 2.59. The van der Waals surface area contributed by atoms with E-state index in [1.165, 1.54) is 13.8 Å². The van der Waals surface area contributed by atoms with Crippen LogP contribution in [0.1, 0.15) is 34.6 Å². The van der Waals surface area contributed by atoms with Crippen LogP contribution in [0.5, 0.6) is 0 Å². The van der Waals surface area contributed by atoms with Gasteiger partial charge in [0, 0.05) is 20.8 Å². The molecule has 21 N–H and O–H groups in total. The van der Waals surface area contributed by atoms with E-state index >= 15 is 0 Å². The average molecular weight is 1240 g/mol. The Bertz CT molecular complexity index is 2150. The SMILES string of the molecule is CC(=O)N[C@@H]1[C@@H](O[C@@H]2O[C@H](CO)[C@@H](O)[C@H](O[C@@H]3O[C@H](CO)[C@H](O)[C@H](O)[C@H]3O[C@@H]3O[C@@H](C)[C@@H](O)[C@@H](O)[C@@H]3O)[C@H]2NC(C)=O)[C@@H](O)[C@@H](CO[C@@H]2O[C@H](CO)[C@@H](O[C@@H]3O[C@H](CO)[C@H](O)[C@H](O)[C@H]3O[C@@H]3O[C@@H](C)[C@@H](O)[C@@H](O)[C@@H]3O)[C@H](O)[C@H]2NC(C)=O)O[C@@H]1O. The molecule has 492 valence electrons. The molecule has 7 heterocycles. The average Bonchev–Trinajstić information content (AvgIpc) is 3.20. The summed E-state index contributed by atoms with van der Waals surface area (Å²) in [5, 5.41) is 203. The van der Waals surface area contributed by atoms with Gasteiger partial charge in [0.05, 0.1) is 45.2 Å². The van der Waals surface area contributed by atoms with Gasteiger partial charge in [-0.2, -0.15) is 0 Å². The van der Waals surface area contributed by atoms with Crippen LogP contribution in [0.3, 0.4) is 0 Å². The molecule has 7 rings (SSSR count). The van der Waals surface area contributed by atoms with E-state index < -0.39 is 266 Å². The van der Waals surface area contributed by atoms with Crippen LogP contribution >= 0.6 is 0 Å². The quantitative estimate of drug-likeness (QED) is 0.0538. The Hall–Kier alpha value is -2.83. The summed E-state index contributed by atoms with van der Waals surface area (Å²) in [4.78, 5) is 38.3. The number of rotatable bonds is 20. The fourth-order valence-corrected chi connectivity index (χ4v) is 11.0. The highest BCUT2D eigenvalue weighted by molar-refractivity contribution is 5.74. The normalized spacial score (nSPS) is 49.8. The molecule has 7 saturated heterocycles. The Morgan fingerprint density at radius 3 is 1.15 bits per heavy atom. The molecule has 7 aliphatic heterocycles. The maximum absolute atomic E-state index is 13.0. The third-order valence-corrected chi connectivity index (χ3v) is 15.7. The van der Waals surface area contributed by atoms with Gasteiger partial charge in [-0.3, -0.25) is 14.4 Å². The molecule has 0 aromatic rings. The summed E-state index contributed by atoms with van der Waals surface area (Å²) in [7, 11) is 0. The number of carbonyl (C=O) groups excluding carboxylic acids is 3. The molecule has 7 fully saturated rings. The first-order valence-corrected chi connectivity index (χ1v) is 27.3. The van der Waals surface area contributed by atoms with Gasteiger partial charge in [0.1, 0.15) is 159 Å². The fourth-order valence-electron chi connectivity index (χ4n) is 11.0. The van der Waals surface area contributed by atoms with Gasteiger partial charge in [0.2, 0.25) is 17.7 Å². The van der Waals surface area contributed by atoms with Gasteiger partial charge in [-0.05, 0) is 13.8 Å². The standard InChI is InChI=1S/C48H81N3O34/c1-11-24(59)31(66)35(70)45(74-11)84-40-33(68)26(61)16(6-52)78-47(40)81-37-19(9-55)80-43(21(30(37)65)49-13(3)56)73-10-20-29(64)38(22(42(72)76-20)50-14(4)57)82-44-23(51-15(5)58)39(28(63)18(8-54)77-44)83-48-41(34(69)27(62)17(7-53)79-48)85-46-36(71)32(67)25(60)12(2)75-46/h11-12,16-48,52-55,59-72H,6-10H2,1-5H3,(H,49,56)(H,50,57)(H,51,58)/t11-,12-,16+,17+,18+,19+,20+,21+,22+,23+,24+,25+,26-,27-,28+,29-,30+,31+,32+,33-,34-,35-,36-,37+,38+,39+,40+,41+,42-,43+,44-,45-,46-,47-,48-/m0/s1. The van der Waals surface area contributed by atoms with E-state index in [-0.39, 0.29) is 0 Å². The van der Waals surface area contributed by atoms with Crippen molar-refractivity contribution in [2.24, 2.45) is 0 Å². The molecule has 7 aliphatic rings. The topological polar surface area (TPSA) is 571 Å². The first-order valence-electron chi connectivity index (χ1n) is 27.3. The maximum Gasteiger partial charge on any atom is 0.217 e. The molecule has 0 aromatic carbocycles. The van der Waals surface area contributed by atoms with Crippen LogP contribution in [0, 0.1) is 0 Å². The molecule has 0 bridgehead atoms. The Balaban J connectivity index is 1.12. The van der Waals surface area contributed by atoms with E-state index in [1.54, 1.807) is 0 Å². The lowest BCUT2D eigenvalue weighted by atomic mass is 9.93. The Morgan fingerprint density at radius 2 is 0.694 bits per heavy atom. The zero-order valence-electron chi connectivity index (χ0n) is 46.3. The van der Waals surface area contributed by atoms with Crippen molar-refractivity contribution >= 4 is 17.7 Å². The molecule has 0 saturated carbocycles. The molecule has 85 heavy (non-hydrogen) atoms. The van der Waals surface area contributed by atoms with Crippen LogP contribution in [0.25, 0.3) is 0 Å². The summed E-state index contributed by atoms with van der Waals surface area (Å²) < 4.78 is 76.0. The van der Waals surface area contributed by atoms with Crippen molar-refractivity contribution in [3.05, 3.63) is 0 Å². The van der Waals surface area contributed by atoms with E-state index in [9.17, 15) is 106 Å². The number of ether oxygens (including phenoxy) is 13. The smallest absolute Gasteiger partial charge is 0.217 e. The Kier molecular flexibility index (Phi) is 24.5. The summed E-state index contributed by atoms with van der Waals surface area (Å²) in [5.74, 6) is -2.54. The van der Waals surface area contributed by atoms with Gasteiger partial charge < -0.3 is 169 Å². The molecule has 37 heteroatoms. The van der Waals surface area contributed by atoms with Crippen LogP contribution in [-0.2, 0) is 76.0 Å². The van der Waals surface area contributed by atoms with E-state index in [2.05, 4.69) is 16.0 Å². The van der Waals surface area contributed by atoms with Crippen molar-refractivity contribution in [2.45, 2.75) is 249 Å². The summed E-state index contributed by atoms with van der Waals surface area (Å²) in [6.07, 6.45) is -58.9. The lowest BCUT2D eigenvalue weighted by Crippen LogP contribution is -2.71. The number of carbonyl (C=O) groups is 3. The fraction of sp³-hybridized carbons (Fsp3) is 0.938. The van der Waals surface area contributed by atoms with Crippen molar-refractivity contribution in [1.29, 1.82) is 0 Å². The highest BCUT2D eigenvalue weighted by Crippen LogP contribution is 2.37. The first-order chi connectivity index (χ1) is 40.1. The van der Waals surface area contributed by atoms with E-state index in [0.29, 0.717) is 0 Å². The van der Waals surface area contributed by atoms with Gasteiger partial charge in [0.25, 0.3) is 0 Å². The van der Waals surface area contributed by atoms with E-state index in [4.69, 9.17) is 61.6 Å². The lowest BCUT2D eigenvalue weighted by molar-refractivity contribution is -0.385. The second kappa shape index (κ2) is 29.9. The third-order valence-electron chi connectivity index (χ3n) is 15.7. The molecule has 0 aliphatic carbocycles. The minimum atomic E-state index is -2.14. The predicted octanol–water partition coefficient (Wildman–Crippen LogP) is -13.8. The molecule has 0 radical (unpaired) electrons. The molecule has 3 amide bonds. The zero-order chi connectivity index (χ0) is 62.8. The number of nitrogens with one attached hydrogen (secondary N) is 3. The summed E-state index contributed by atoms with van der Waals surface area (Å²) in [6, 6.07) is -5.28. The molecule has 0 aromatic heterocycles. The number of aliphatic hydroxyl groups is 18. The van der Waals surface area contributed by atoms with Crippen molar-refractivity contribution < 1.29 is 168 Å². The molecule has 0 spiro atoms. The number of hydrogen-bond donors (Lipinski definition) is 21. The van der Waals surface area contributed by atoms with Gasteiger partial charge in [-0.25, -0.2) is 0 Å². The molecule has 37 nitrogen and oxygen atoms in total. The monoisotopic (exact) mass is 1240 g/mol. The summed E-state index contributed by atoms with van der Waals surface area (Å²) in [6.45, 7) is 0.810. The van der Waals surface area contributed by atoms with Gasteiger partial charge in [-0.1, -0.05) is 0 Å². The number of aliphatic hydroxyl groups excluding tert-OH is 18. The first kappa shape index (κ1) is 69.6. The van der Waals surface area contributed by atoms with Crippen molar-refractivity contribution in [3.63, 3.8) is 0 Å².